The molecule has 0 fully saturated rings. The van der Waals surface area contributed by atoms with Crippen LogP contribution < -0.4 is 9.47 Å². The van der Waals surface area contributed by atoms with E-state index >= 15 is 0 Å². The first-order valence-electron chi connectivity index (χ1n) is 22.0. The van der Waals surface area contributed by atoms with E-state index < -0.39 is 0 Å². The molecule has 2 aliphatic heterocycles. The number of ether oxygens (including phenoxy) is 2. The number of fused-ring (bicyclic) bond motifs is 2. The molecule has 4 aromatic carbocycles. The van der Waals surface area contributed by atoms with E-state index in [2.05, 4.69) is 93.8 Å². The lowest BCUT2D eigenvalue weighted by molar-refractivity contribution is 0.412. The van der Waals surface area contributed by atoms with Crippen molar-refractivity contribution >= 4 is 24.3 Å². The molecule has 10 rings (SSSR count). The van der Waals surface area contributed by atoms with Crippen molar-refractivity contribution < 1.29 is 9.47 Å². The molecule has 0 aliphatic carbocycles. The molecule has 324 valence electrons. The fourth-order valence-corrected chi connectivity index (χ4v) is 8.58. The maximum atomic E-state index is 5.62. The second kappa shape index (κ2) is 18.6. The standard InChI is InChI=1S/2C26H27N5O/c2*1-18-6-10-21(11-7-18)22-5-4-14-31-26(22)28-25(29-31)13-9-20-8-12-23(24(15-20)32-3)30-16-19(2)27-17-30/h2*6-13,15-17,22H,4-5,14H2,1-3H3/b2*13-9+/t2*22-/m10/s1. The topological polar surface area (TPSA) is 116 Å². The zero-order valence-electron chi connectivity index (χ0n) is 37.4. The smallest absolute Gasteiger partial charge is 0.174 e. The van der Waals surface area contributed by atoms with Crippen LogP contribution in [0.5, 0.6) is 11.5 Å². The van der Waals surface area contributed by atoms with E-state index in [1.54, 1.807) is 26.9 Å². The maximum absolute atomic E-state index is 5.62. The highest BCUT2D eigenvalue weighted by molar-refractivity contribution is 5.70. The van der Waals surface area contributed by atoms with Crippen molar-refractivity contribution in [3.05, 3.63) is 178 Å². The first-order valence-corrected chi connectivity index (χ1v) is 22.0. The summed E-state index contributed by atoms with van der Waals surface area (Å²) in [4.78, 5) is 18.4. The summed E-state index contributed by atoms with van der Waals surface area (Å²) in [6.45, 7) is 10.0. The van der Waals surface area contributed by atoms with Crippen molar-refractivity contribution in [2.75, 3.05) is 14.2 Å². The van der Waals surface area contributed by atoms with Crippen LogP contribution in [0.4, 0.5) is 0 Å². The average Bonchev–Trinajstić information content (AvgIpc) is 4.15. The summed E-state index contributed by atoms with van der Waals surface area (Å²) >= 11 is 0. The highest BCUT2D eigenvalue weighted by atomic mass is 16.5. The molecule has 0 radical (unpaired) electrons. The summed E-state index contributed by atoms with van der Waals surface area (Å²) in [5.74, 6) is 5.79. The third-order valence-corrected chi connectivity index (χ3v) is 12.0. The number of aromatic nitrogens is 10. The third kappa shape index (κ3) is 9.22. The van der Waals surface area contributed by atoms with Crippen LogP contribution in [0.3, 0.4) is 0 Å². The molecule has 0 saturated carbocycles. The third-order valence-electron chi connectivity index (χ3n) is 12.0. The summed E-state index contributed by atoms with van der Waals surface area (Å²) < 4.78 is 19.3. The lowest BCUT2D eigenvalue weighted by Crippen LogP contribution is -2.17. The van der Waals surface area contributed by atoms with Gasteiger partial charge in [-0.1, -0.05) is 83.9 Å². The van der Waals surface area contributed by atoms with Gasteiger partial charge in [-0.15, -0.1) is 0 Å². The number of aryl methyl sites for hydroxylation is 6. The van der Waals surface area contributed by atoms with Gasteiger partial charge in [0.05, 0.1) is 49.6 Å². The number of benzene rings is 4. The normalized spacial score (nSPS) is 15.8. The van der Waals surface area contributed by atoms with Crippen LogP contribution in [0.25, 0.3) is 35.7 Å². The zero-order valence-corrected chi connectivity index (χ0v) is 37.4. The average molecular weight is 851 g/mol. The fraction of sp³-hybridized carbons (Fsp3) is 0.269. The minimum atomic E-state index is 0.303. The van der Waals surface area contributed by atoms with E-state index in [0.29, 0.717) is 11.8 Å². The summed E-state index contributed by atoms with van der Waals surface area (Å²) in [6.07, 6.45) is 20.0. The Hall–Kier alpha value is -7.34. The van der Waals surface area contributed by atoms with Crippen molar-refractivity contribution in [3.8, 4) is 22.9 Å². The molecule has 0 unspecified atom stereocenters. The molecule has 2 aliphatic rings. The van der Waals surface area contributed by atoms with E-state index in [1.165, 1.54) is 22.3 Å². The number of imidazole rings is 2. The van der Waals surface area contributed by atoms with Crippen LogP contribution in [-0.2, 0) is 13.1 Å². The van der Waals surface area contributed by atoms with E-state index in [9.17, 15) is 0 Å². The van der Waals surface area contributed by atoms with Crippen LogP contribution in [0.2, 0.25) is 0 Å². The molecule has 6 heterocycles. The first kappa shape index (κ1) is 42.0. The van der Waals surface area contributed by atoms with Gasteiger partial charge in [-0.05, 0) is 112 Å². The van der Waals surface area contributed by atoms with Gasteiger partial charge >= 0.3 is 0 Å². The van der Waals surface area contributed by atoms with Crippen molar-refractivity contribution in [3.63, 3.8) is 0 Å². The van der Waals surface area contributed by atoms with Crippen molar-refractivity contribution in [1.82, 2.24) is 48.6 Å². The minimum absolute atomic E-state index is 0.303. The predicted molar refractivity (Wildman–Crippen MR) is 252 cm³/mol. The van der Waals surface area contributed by atoms with Crippen molar-refractivity contribution in [2.24, 2.45) is 0 Å². The van der Waals surface area contributed by atoms with Crippen LogP contribution in [0, 0.1) is 27.7 Å². The van der Waals surface area contributed by atoms with Gasteiger partial charge in [0.1, 0.15) is 23.1 Å². The Bertz CT molecular complexity index is 2730. The van der Waals surface area contributed by atoms with Gasteiger partial charge in [-0.2, -0.15) is 10.2 Å². The monoisotopic (exact) mass is 850 g/mol. The summed E-state index contributed by atoms with van der Waals surface area (Å²) in [6, 6.07) is 29.8. The summed E-state index contributed by atoms with van der Waals surface area (Å²) in [5, 5.41) is 9.49. The minimum Gasteiger partial charge on any atom is -0.495 e. The highest BCUT2D eigenvalue weighted by Gasteiger charge is 2.26. The summed E-state index contributed by atoms with van der Waals surface area (Å²) in [5.41, 5.74) is 11.1. The molecule has 64 heavy (non-hydrogen) atoms. The second-order valence-corrected chi connectivity index (χ2v) is 16.7. The number of methoxy groups -OCH3 is 2. The fourth-order valence-electron chi connectivity index (χ4n) is 8.58. The highest BCUT2D eigenvalue weighted by Crippen LogP contribution is 2.34. The molecule has 2 atom stereocenters. The zero-order chi connectivity index (χ0) is 44.2. The molecule has 12 heteroatoms. The molecule has 0 amide bonds. The van der Waals surface area contributed by atoms with Gasteiger partial charge in [0.25, 0.3) is 0 Å². The Balaban J connectivity index is 0.000000162. The number of hydrogen-bond acceptors (Lipinski definition) is 8. The summed E-state index contributed by atoms with van der Waals surface area (Å²) in [7, 11) is 3.37. The lowest BCUT2D eigenvalue weighted by Gasteiger charge is -2.22. The van der Waals surface area contributed by atoms with Gasteiger partial charge in [0.15, 0.2) is 11.6 Å². The number of nitrogens with zero attached hydrogens (tertiary/aromatic N) is 10. The number of rotatable bonds is 10. The van der Waals surface area contributed by atoms with Gasteiger partial charge in [-0.25, -0.2) is 29.3 Å². The second-order valence-electron chi connectivity index (χ2n) is 16.7. The van der Waals surface area contributed by atoms with Crippen LogP contribution in [0.15, 0.2) is 110 Å². The predicted octanol–water partition coefficient (Wildman–Crippen LogP) is 10.4. The van der Waals surface area contributed by atoms with E-state index in [0.717, 1.165) is 107 Å². The van der Waals surface area contributed by atoms with E-state index in [-0.39, 0.29) is 0 Å². The molecule has 0 saturated heterocycles. The molecule has 0 N–H and O–H groups in total. The molecular formula is C52H54N10O2. The Labute approximate surface area is 374 Å². The Kier molecular flexibility index (Phi) is 12.2. The van der Waals surface area contributed by atoms with Crippen molar-refractivity contribution in [1.29, 1.82) is 0 Å². The SMILES string of the molecule is COc1cc(/C=C/c2nc3n(n2)CCC[C@@H]3c2ccc(C)cc2)ccc1-n1cnc(C)c1.COc1cc(/C=C/c2nc3n(n2)CCC[C@H]3c2ccc(C)cc2)ccc1-n1cnc(C)c1. The van der Waals surface area contributed by atoms with Crippen LogP contribution in [-0.4, -0.2) is 62.9 Å². The van der Waals surface area contributed by atoms with E-state index in [4.69, 9.17) is 29.6 Å². The van der Waals surface area contributed by atoms with Crippen molar-refractivity contribution in [2.45, 2.75) is 78.3 Å². The van der Waals surface area contributed by atoms with Gasteiger partial charge in [-0.3, -0.25) is 0 Å². The van der Waals surface area contributed by atoms with Crippen LogP contribution in [0.1, 0.15) is 106 Å². The molecule has 12 nitrogen and oxygen atoms in total. The molecule has 0 bridgehead atoms. The lowest BCUT2D eigenvalue weighted by atomic mass is 9.91. The Morgan fingerprint density at radius 2 is 0.953 bits per heavy atom. The Morgan fingerprint density at radius 3 is 1.33 bits per heavy atom. The molecule has 4 aromatic heterocycles. The van der Waals surface area contributed by atoms with Gasteiger partial charge in [0.2, 0.25) is 0 Å². The molecular weight excluding hydrogens is 797 g/mol. The maximum Gasteiger partial charge on any atom is 0.174 e. The molecule has 0 spiro atoms. The Morgan fingerprint density at radius 1 is 0.531 bits per heavy atom. The largest absolute Gasteiger partial charge is 0.495 e. The van der Waals surface area contributed by atoms with Crippen LogP contribution >= 0.6 is 0 Å². The van der Waals surface area contributed by atoms with E-state index in [1.807, 2.05) is 83.9 Å². The van der Waals surface area contributed by atoms with Gasteiger partial charge < -0.3 is 18.6 Å². The first-order chi connectivity index (χ1) is 31.2. The quantitative estimate of drug-likeness (QED) is 0.134. The van der Waals surface area contributed by atoms with Gasteiger partial charge in [0, 0.05) is 37.3 Å². The number of hydrogen-bond donors (Lipinski definition) is 0. The molecule has 8 aromatic rings.